The molecule has 7 heteroatoms. The minimum absolute atomic E-state index is 0.119. The maximum Gasteiger partial charge on any atom is 0.264 e. The molecule has 0 unspecified atom stereocenters. The van der Waals surface area contributed by atoms with Gasteiger partial charge < -0.3 is 19.1 Å². The van der Waals surface area contributed by atoms with Crippen LogP contribution in [0.25, 0.3) is 5.82 Å². The Hall–Kier alpha value is -2.64. The molecule has 1 saturated heterocycles. The number of carbonyl (C=O) groups excluding carboxylic acids is 1. The minimum Gasteiger partial charge on any atom is -0.383 e. The number of carbonyl (C=O) groups is 1. The van der Waals surface area contributed by atoms with Crippen LogP contribution >= 0.6 is 11.3 Å². The lowest BCUT2D eigenvalue weighted by Gasteiger charge is -2.47. The molecule has 1 amide bonds. The molecular formula is C21H22N4O2S. The molecule has 6 nitrogen and oxygen atoms in total. The molecule has 28 heavy (non-hydrogen) atoms. The van der Waals surface area contributed by atoms with Crippen molar-refractivity contribution in [3.63, 3.8) is 0 Å². The molecule has 144 valence electrons. The predicted molar refractivity (Wildman–Crippen MR) is 109 cm³/mol. The molecule has 3 aromatic rings. The molecule has 0 aliphatic carbocycles. The smallest absolute Gasteiger partial charge is 0.264 e. The fourth-order valence-corrected chi connectivity index (χ4v) is 5.26. The van der Waals surface area contributed by atoms with E-state index in [1.807, 2.05) is 34.7 Å². The fourth-order valence-electron chi connectivity index (χ4n) is 4.57. The lowest BCUT2D eigenvalue weighted by molar-refractivity contribution is 0.0786. The molecule has 5 rings (SSSR count). The van der Waals surface area contributed by atoms with E-state index in [0.717, 1.165) is 35.9 Å². The summed E-state index contributed by atoms with van der Waals surface area (Å²) >= 11 is 1.50. The minimum atomic E-state index is -0.273. The van der Waals surface area contributed by atoms with Gasteiger partial charge in [0.1, 0.15) is 5.54 Å². The second kappa shape index (κ2) is 6.76. The van der Waals surface area contributed by atoms with Gasteiger partial charge in [-0.3, -0.25) is 4.79 Å². The largest absolute Gasteiger partial charge is 0.383 e. The Bertz CT molecular complexity index is 1000. The lowest BCUT2D eigenvalue weighted by Crippen LogP contribution is -2.53. The normalized spacial score (nSPS) is 20.5. The third-order valence-corrected chi connectivity index (χ3v) is 6.67. The average Bonchev–Trinajstić information content (AvgIpc) is 3.48. The van der Waals surface area contributed by atoms with Gasteiger partial charge in [-0.2, -0.15) is 0 Å². The summed E-state index contributed by atoms with van der Waals surface area (Å²) in [6, 6.07) is 12.2. The Labute approximate surface area is 168 Å². The van der Waals surface area contributed by atoms with Crippen molar-refractivity contribution in [3.8, 4) is 5.82 Å². The first kappa shape index (κ1) is 17.5. The molecule has 0 radical (unpaired) electrons. The average molecular weight is 395 g/mol. The van der Waals surface area contributed by atoms with E-state index in [-0.39, 0.29) is 11.4 Å². The van der Waals surface area contributed by atoms with E-state index in [0.29, 0.717) is 13.2 Å². The number of pyridine rings is 1. The summed E-state index contributed by atoms with van der Waals surface area (Å²) < 4.78 is 7.60. The number of hydrogen-bond donors (Lipinski definition) is 0. The first-order valence-corrected chi connectivity index (χ1v) is 10.4. The van der Waals surface area contributed by atoms with Crippen LogP contribution in [0.3, 0.4) is 0 Å². The monoisotopic (exact) mass is 394 g/mol. The summed E-state index contributed by atoms with van der Waals surface area (Å²) in [5.74, 6) is 1.06. The Morgan fingerprint density at radius 2 is 2.21 bits per heavy atom. The van der Waals surface area contributed by atoms with E-state index in [4.69, 9.17) is 4.74 Å². The zero-order valence-corrected chi connectivity index (χ0v) is 16.6. The molecule has 1 spiro atoms. The van der Waals surface area contributed by atoms with Gasteiger partial charge >= 0.3 is 0 Å². The molecule has 1 fully saturated rings. The highest BCUT2D eigenvalue weighted by Gasteiger charge is 2.50. The van der Waals surface area contributed by atoms with Gasteiger partial charge in [-0.05, 0) is 42.1 Å². The van der Waals surface area contributed by atoms with Crippen molar-refractivity contribution < 1.29 is 9.53 Å². The van der Waals surface area contributed by atoms with Crippen molar-refractivity contribution in [2.45, 2.75) is 12.0 Å². The molecule has 0 N–H and O–H groups in total. The Balaban J connectivity index is 1.58. The number of ether oxygens (including phenoxy) is 1. The van der Waals surface area contributed by atoms with Crippen LogP contribution in [0.1, 0.15) is 21.8 Å². The van der Waals surface area contributed by atoms with Crippen LogP contribution in [0.15, 0.2) is 54.2 Å². The van der Waals surface area contributed by atoms with Crippen molar-refractivity contribution in [2.75, 3.05) is 38.3 Å². The number of aromatic nitrogens is 2. The molecule has 1 atom stereocenters. The van der Waals surface area contributed by atoms with Gasteiger partial charge in [-0.15, -0.1) is 11.3 Å². The number of rotatable bonds is 4. The summed E-state index contributed by atoms with van der Waals surface area (Å²) in [5.41, 5.74) is 2.01. The van der Waals surface area contributed by atoms with Gasteiger partial charge in [-0.1, -0.05) is 6.07 Å². The molecule has 5 heterocycles. The van der Waals surface area contributed by atoms with Crippen molar-refractivity contribution in [1.82, 2.24) is 14.5 Å². The van der Waals surface area contributed by atoms with E-state index in [2.05, 4.69) is 38.8 Å². The first-order chi connectivity index (χ1) is 13.7. The molecule has 0 aromatic carbocycles. The van der Waals surface area contributed by atoms with Crippen LogP contribution in [-0.2, 0) is 10.3 Å². The maximum atomic E-state index is 13.0. The number of thiophene rings is 1. The highest BCUT2D eigenvalue weighted by atomic mass is 32.1. The number of fused-ring (bicyclic) bond motifs is 4. The summed E-state index contributed by atoms with van der Waals surface area (Å²) in [6.45, 7) is 2.77. The number of hydrogen-bond acceptors (Lipinski definition) is 5. The lowest BCUT2D eigenvalue weighted by atomic mass is 9.89. The van der Waals surface area contributed by atoms with Crippen LogP contribution in [0, 0.1) is 0 Å². The summed E-state index contributed by atoms with van der Waals surface area (Å²) in [4.78, 5) is 22.9. The Morgan fingerprint density at radius 3 is 3.04 bits per heavy atom. The number of amides is 1. The van der Waals surface area contributed by atoms with E-state index < -0.39 is 0 Å². The van der Waals surface area contributed by atoms with Crippen molar-refractivity contribution in [3.05, 3.63) is 64.7 Å². The Kier molecular flexibility index (Phi) is 4.21. The van der Waals surface area contributed by atoms with Crippen LogP contribution < -0.4 is 4.90 Å². The van der Waals surface area contributed by atoms with Gasteiger partial charge in [0.15, 0.2) is 5.82 Å². The van der Waals surface area contributed by atoms with Gasteiger partial charge in [0.2, 0.25) is 0 Å². The molecule has 2 aliphatic heterocycles. The van der Waals surface area contributed by atoms with Gasteiger partial charge in [0.05, 0.1) is 22.9 Å². The van der Waals surface area contributed by atoms with E-state index >= 15 is 0 Å². The number of likely N-dealkylation sites (tertiary alicyclic amines) is 1. The highest BCUT2D eigenvalue weighted by Crippen LogP contribution is 2.47. The van der Waals surface area contributed by atoms with Gasteiger partial charge in [0.25, 0.3) is 5.91 Å². The first-order valence-electron chi connectivity index (χ1n) is 9.47. The zero-order chi connectivity index (χ0) is 19.1. The van der Waals surface area contributed by atoms with Crippen LogP contribution in [0.2, 0.25) is 0 Å². The third-order valence-electron chi connectivity index (χ3n) is 5.81. The maximum absolute atomic E-state index is 13.0. The molecule has 0 saturated carbocycles. The van der Waals surface area contributed by atoms with Gasteiger partial charge in [-0.25, -0.2) is 4.98 Å². The fraction of sp³-hybridized carbons (Fsp3) is 0.333. The molecule has 0 bridgehead atoms. The number of nitrogens with zero attached hydrogens (tertiary/aromatic N) is 4. The van der Waals surface area contributed by atoms with E-state index in [1.54, 1.807) is 7.11 Å². The van der Waals surface area contributed by atoms with Crippen LogP contribution in [0.4, 0.5) is 5.69 Å². The van der Waals surface area contributed by atoms with Gasteiger partial charge in [0, 0.05) is 39.1 Å². The molecule has 3 aromatic heterocycles. The van der Waals surface area contributed by atoms with E-state index in [9.17, 15) is 4.79 Å². The number of methoxy groups -OCH3 is 1. The standard InChI is InChI=1S/C21H22N4O2S/c1-27-13-12-25-16-5-2-9-22-19(16)24-10-3-7-18(24)21(25)8-11-23(15-21)20(26)17-6-4-14-28-17/h2-7,9-10,14H,8,11-13,15H2,1H3/t21-/m0/s1. The second-order valence-corrected chi connectivity index (χ2v) is 8.19. The summed E-state index contributed by atoms with van der Waals surface area (Å²) in [5, 5.41) is 1.96. The third kappa shape index (κ3) is 2.50. The molecule has 2 aliphatic rings. The summed E-state index contributed by atoms with van der Waals surface area (Å²) in [7, 11) is 1.73. The zero-order valence-electron chi connectivity index (χ0n) is 15.7. The topological polar surface area (TPSA) is 50.6 Å². The highest BCUT2D eigenvalue weighted by molar-refractivity contribution is 7.12. The van der Waals surface area contributed by atoms with Crippen LogP contribution in [0.5, 0.6) is 0 Å². The van der Waals surface area contributed by atoms with E-state index in [1.165, 1.54) is 17.0 Å². The van der Waals surface area contributed by atoms with Crippen LogP contribution in [-0.4, -0.2) is 53.7 Å². The van der Waals surface area contributed by atoms with Crippen molar-refractivity contribution in [2.24, 2.45) is 0 Å². The quantitative estimate of drug-likeness (QED) is 0.682. The molecular weight excluding hydrogens is 372 g/mol. The summed E-state index contributed by atoms with van der Waals surface area (Å²) in [6.07, 6.45) is 4.78. The van der Waals surface area contributed by atoms with Crippen molar-refractivity contribution >= 4 is 22.9 Å². The predicted octanol–water partition coefficient (Wildman–Crippen LogP) is 3.14. The number of anilines is 1. The second-order valence-electron chi connectivity index (χ2n) is 7.24. The Morgan fingerprint density at radius 1 is 1.29 bits per heavy atom. The van der Waals surface area contributed by atoms with Crippen molar-refractivity contribution in [1.29, 1.82) is 0 Å². The SMILES string of the molecule is COCCN1c2cccnc2-n2cccc2[C@@]12CCN(C(=O)c1cccs1)C2.